The van der Waals surface area contributed by atoms with E-state index in [1.807, 2.05) is 18.2 Å². The van der Waals surface area contributed by atoms with Crippen LogP contribution < -0.4 is 10.3 Å². The fourth-order valence-corrected chi connectivity index (χ4v) is 3.75. The van der Waals surface area contributed by atoms with Gasteiger partial charge in [-0.2, -0.15) is 5.10 Å². The molecule has 6 heteroatoms. The molecule has 0 fully saturated rings. The zero-order valence-electron chi connectivity index (χ0n) is 14.3. The van der Waals surface area contributed by atoms with Crippen molar-refractivity contribution in [3.63, 3.8) is 0 Å². The Morgan fingerprint density at radius 3 is 2.73 bits per heavy atom. The number of hydrogen-bond donors (Lipinski definition) is 1. The number of amides is 2. The van der Waals surface area contributed by atoms with Gasteiger partial charge in [0.05, 0.1) is 11.4 Å². The summed E-state index contributed by atoms with van der Waals surface area (Å²) in [6, 6.07) is 13.0. The lowest BCUT2D eigenvalue weighted by atomic mass is 9.79. The molecule has 2 aliphatic rings. The summed E-state index contributed by atoms with van der Waals surface area (Å²) in [5.41, 5.74) is 4.57. The number of halogens is 1. The number of aryl methyl sites for hydroxylation is 1. The van der Waals surface area contributed by atoms with E-state index in [0.29, 0.717) is 22.8 Å². The van der Waals surface area contributed by atoms with Crippen LogP contribution in [-0.4, -0.2) is 17.5 Å². The summed E-state index contributed by atoms with van der Waals surface area (Å²) in [5, 5.41) is 9.53. The molecule has 1 aliphatic carbocycles. The van der Waals surface area contributed by atoms with Gasteiger partial charge < -0.3 is 5.32 Å². The van der Waals surface area contributed by atoms with Crippen molar-refractivity contribution in [2.75, 3.05) is 10.3 Å². The summed E-state index contributed by atoms with van der Waals surface area (Å²) in [6.07, 6.45) is 2.31. The van der Waals surface area contributed by atoms with Crippen LogP contribution in [0.15, 0.2) is 47.6 Å². The average molecular weight is 368 g/mol. The molecule has 2 aromatic rings. The third-order valence-electron chi connectivity index (χ3n) is 4.79. The molecule has 1 atom stereocenters. The van der Waals surface area contributed by atoms with Crippen LogP contribution in [0.2, 0.25) is 5.02 Å². The Morgan fingerprint density at radius 2 is 2.00 bits per heavy atom. The van der Waals surface area contributed by atoms with Gasteiger partial charge in [0, 0.05) is 35.5 Å². The maximum absolute atomic E-state index is 12.6. The first kappa shape index (κ1) is 16.8. The van der Waals surface area contributed by atoms with Crippen LogP contribution >= 0.6 is 11.6 Å². The largest absolute Gasteiger partial charge is 0.326 e. The highest BCUT2D eigenvalue weighted by atomic mass is 35.5. The zero-order valence-corrected chi connectivity index (χ0v) is 15.1. The summed E-state index contributed by atoms with van der Waals surface area (Å²) in [4.78, 5) is 23.8. The van der Waals surface area contributed by atoms with E-state index in [-0.39, 0.29) is 17.7 Å². The van der Waals surface area contributed by atoms with Crippen molar-refractivity contribution in [3.8, 4) is 0 Å². The van der Waals surface area contributed by atoms with Crippen molar-refractivity contribution < 1.29 is 9.59 Å². The first-order valence-corrected chi connectivity index (χ1v) is 8.97. The summed E-state index contributed by atoms with van der Waals surface area (Å²) >= 11 is 6.18. The molecular weight excluding hydrogens is 350 g/mol. The molecular formula is C20H18ClN3O2. The SMILES string of the molecule is CC(=O)Nc1ccc(N2N=C3c4cc(Cl)ccc4CCC3CC2=O)cc1. The molecule has 1 unspecified atom stereocenters. The monoisotopic (exact) mass is 367 g/mol. The number of rotatable bonds is 2. The van der Waals surface area contributed by atoms with E-state index in [9.17, 15) is 9.59 Å². The highest BCUT2D eigenvalue weighted by Crippen LogP contribution is 2.35. The summed E-state index contributed by atoms with van der Waals surface area (Å²) in [5.74, 6) is -0.00884. The third-order valence-corrected chi connectivity index (χ3v) is 5.03. The molecule has 0 saturated heterocycles. The van der Waals surface area contributed by atoms with E-state index in [1.165, 1.54) is 17.5 Å². The molecule has 1 aliphatic heterocycles. The van der Waals surface area contributed by atoms with E-state index in [1.54, 1.807) is 24.3 Å². The number of nitrogens with one attached hydrogen (secondary N) is 1. The molecule has 2 aromatic carbocycles. The molecule has 0 radical (unpaired) electrons. The van der Waals surface area contributed by atoms with Crippen LogP contribution in [0, 0.1) is 5.92 Å². The average Bonchev–Trinajstić information content (AvgIpc) is 2.61. The Kier molecular flexibility index (Phi) is 4.24. The second-order valence-corrected chi connectivity index (χ2v) is 7.10. The predicted molar refractivity (Wildman–Crippen MR) is 103 cm³/mol. The second-order valence-electron chi connectivity index (χ2n) is 6.66. The maximum Gasteiger partial charge on any atom is 0.248 e. The normalized spacial score (nSPS) is 18.7. The minimum atomic E-state index is -0.134. The smallest absolute Gasteiger partial charge is 0.248 e. The van der Waals surface area contributed by atoms with Crippen molar-refractivity contribution in [1.29, 1.82) is 0 Å². The number of hydrogen-bond acceptors (Lipinski definition) is 3. The molecule has 5 nitrogen and oxygen atoms in total. The lowest BCUT2D eigenvalue weighted by molar-refractivity contribution is -0.119. The summed E-state index contributed by atoms with van der Waals surface area (Å²) < 4.78 is 0. The van der Waals surface area contributed by atoms with E-state index >= 15 is 0 Å². The van der Waals surface area contributed by atoms with Crippen molar-refractivity contribution in [1.82, 2.24) is 0 Å². The Bertz CT molecular complexity index is 921. The van der Waals surface area contributed by atoms with Crippen LogP contribution in [0.4, 0.5) is 11.4 Å². The summed E-state index contributed by atoms with van der Waals surface area (Å²) in [6.45, 7) is 1.46. The molecule has 4 rings (SSSR count). The Balaban J connectivity index is 1.71. The van der Waals surface area contributed by atoms with Crippen molar-refractivity contribution in [2.45, 2.75) is 26.2 Å². The fraction of sp³-hybridized carbons (Fsp3) is 0.250. The van der Waals surface area contributed by atoms with Gasteiger partial charge in [0.15, 0.2) is 0 Å². The Labute approximate surface area is 156 Å². The Morgan fingerprint density at radius 1 is 1.23 bits per heavy atom. The molecule has 132 valence electrons. The van der Waals surface area contributed by atoms with Gasteiger partial charge in [0.25, 0.3) is 0 Å². The van der Waals surface area contributed by atoms with Gasteiger partial charge in [0.1, 0.15) is 0 Å². The van der Waals surface area contributed by atoms with Crippen LogP contribution in [0.5, 0.6) is 0 Å². The molecule has 1 heterocycles. The van der Waals surface area contributed by atoms with Gasteiger partial charge in [-0.15, -0.1) is 0 Å². The topological polar surface area (TPSA) is 61.8 Å². The molecule has 26 heavy (non-hydrogen) atoms. The van der Waals surface area contributed by atoms with Gasteiger partial charge in [-0.3, -0.25) is 9.59 Å². The highest BCUT2D eigenvalue weighted by Gasteiger charge is 2.34. The first-order chi connectivity index (χ1) is 12.5. The molecule has 2 amide bonds. The van der Waals surface area contributed by atoms with Gasteiger partial charge in [-0.25, -0.2) is 5.01 Å². The maximum atomic E-state index is 12.6. The van der Waals surface area contributed by atoms with Crippen LogP contribution in [0.3, 0.4) is 0 Å². The third kappa shape index (κ3) is 3.10. The van der Waals surface area contributed by atoms with Crippen LogP contribution in [0.25, 0.3) is 0 Å². The molecule has 1 N–H and O–H groups in total. The van der Waals surface area contributed by atoms with Gasteiger partial charge in [-0.05, 0) is 54.8 Å². The highest BCUT2D eigenvalue weighted by molar-refractivity contribution is 6.31. The van der Waals surface area contributed by atoms with Crippen molar-refractivity contribution in [3.05, 3.63) is 58.6 Å². The number of anilines is 2. The van der Waals surface area contributed by atoms with E-state index in [2.05, 4.69) is 10.4 Å². The molecule has 0 bridgehead atoms. The minimum absolute atomic E-state index is 0.0171. The van der Waals surface area contributed by atoms with Gasteiger partial charge >= 0.3 is 0 Å². The van der Waals surface area contributed by atoms with Crippen molar-refractivity contribution >= 4 is 40.5 Å². The molecule has 0 spiro atoms. The number of nitrogens with zero attached hydrogens (tertiary/aromatic N) is 2. The number of hydrazone groups is 1. The minimum Gasteiger partial charge on any atom is -0.326 e. The van der Waals surface area contributed by atoms with E-state index in [4.69, 9.17) is 11.6 Å². The number of benzene rings is 2. The van der Waals surface area contributed by atoms with Crippen molar-refractivity contribution in [2.24, 2.45) is 11.0 Å². The predicted octanol–water partition coefficient (Wildman–Crippen LogP) is 4.00. The lowest BCUT2D eigenvalue weighted by Gasteiger charge is -2.33. The van der Waals surface area contributed by atoms with Gasteiger partial charge in [-0.1, -0.05) is 17.7 Å². The quantitative estimate of drug-likeness (QED) is 0.871. The van der Waals surface area contributed by atoms with Crippen LogP contribution in [-0.2, 0) is 16.0 Å². The number of carbonyl (C=O) groups excluding carboxylic acids is 2. The van der Waals surface area contributed by atoms with Gasteiger partial charge in [0.2, 0.25) is 11.8 Å². The molecule has 0 aromatic heterocycles. The fourth-order valence-electron chi connectivity index (χ4n) is 3.58. The van der Waals surface area contributed by atoms with E-state index < -0.39 is 0 Å². The zero-order chi connectivity index (χ0) is 18.3. The van der Waals surface area contributed by atoms with Crippen LogP contribution in [0.1, 0.15) is 30.9 Å². The second kappa shape index (κ2) is 6.57. The lowest BCUT2D eigenvalue weighted by Crippen LogP contribution is -2.39. The molecule has 0 saturated carbocycles. The Hall–Kier alpha value is -2.66. The standard InChI is InChI=1S/C20H18ClN3O2/c1-12(25)22-16-6-8-17(9-7-16)24-19(26)10-14-3-2-13-4-5-15(21)11-18(13)20(14)23-24/h4-9,11,14H,2-3,10H2,1H3,(H,22,25). The number of fused-ring (bicyclic) bond motifs is 3. The summed E-state index contributed by atoms with van der Waals surface area (Å²) in [7, 11) is 0. The van der Waals surface area contributed by atoms with E-state index in [0.717, 1.165) is 24.1 Å². The number of carbonyl (C=O) groups is 2. The first-order valence-electron chi connectivity index (χ1n) is 8.59.